The minimum absolute atomic E-state index is 0.231. The summed E-state index contributed by atoms with van der Waals surface area (Å²) in [7, 11) is 0. The largest absolute Gasteiger partial charge is 0.395 e. The summed E-state index contributed by atoms with van der Waals surface area (Å²) in [6.45, 7) is 7.22. The minimum Gasteiger partial charge on any atom is -0.395 e. The second-order valence-corrected chi connectivity index (χ2v) is 5.39. The highest BCUT2D eigenvalue weighted by Crippen LogP contribution is 2.30. The number of hydrogen-bond donors (Lipinski definition) is 2. The van der Waals surface area contributed by atoms with Gasteiger partial charge < -0.3 is 15.3 Å². The summed E-state index contributed by atoms with van der Waals surface area (Å²) < 4.78 is 0. The third-order valence-electron chi connectivity index (χ3n) is 4.08. The quantitative estimate of drug-likeness (QED) is 0.792. The highest BCUT2D eigenvalue weighted by Gasteiger charge is 2.24. The average Bonchev–Trinajstić information content (AvgIpc) is 2.34. The fraction of sp³-hybridized carbons (Fsp3) is 0.625. The molecule has 0 aliphatic heterocycles. The van der Waals surface area contributed by atoms with Gasteiger partial charge in [-0.05, 0) is 56.0 Å². The first-order valence-electron chi connectivity index (χ1n) is 7.44. The van der Waals surface area contributed by atoms with E-state index >= 15 is 0 Å². The molecular formula is C16H26N2O. The van der Waals surface area contributed by atoms with Crippen LogP contribution in [-0.4, -0.2) is 30.8 Å². The van der Waals surface area contributed by atoms with Crippen molar-refractivity contribution in [2.24, 2.45) is 0 Å². The van der Waals surface area contributed by atoms with Crippen LogP contribution in [0.15, 0.2) is 18.2 Å². The number of rotatable bonds is 7. The third kappa shape index (κ3) is 3.48. The second-order valence-electron chi connectivity index (χ2n) is 5.39. The van der Waals surface area contributed by atoms with Crippen molar-refractivity contribution in [3.63, 3.8) is 0 Å². The minimum atomic E-state index is 0.231. The molecule has 0 radical (unpaired) electrons. The van der Waals surface area contributed by atoms with Gasteiger partial charge in [0.15, 0.2) is 0 Å². The molecule has 19 heavy (non-hydrogen) atoms. The van der Waals surface area contributed by atoms with Crippen LogP contribution < -0.4 is 10.2 Å². The van der Waals surface area contributed by atoms with Crippen LogP contribution in [0.1, 0.15) is 37.3 Å². The van der Waals surface area contributed by atoms with Gasteiger partial charge in [-0.2, -0.15) is 0 Å². The Hall–Kier alpha value is -1.06. The van der Waals surface area contributed by atoms with Crippen LogP contribution in [0.2, 0.25) is 0 Å². The Morgan fingerprint density at radius 3 is 2.68 bits per heavy atom. The molecule has 0 atom stereocenters. The summed E-state index contributed by atoms with van der Waals surface area (Å²) in [6.07, 6.45) is 3.85. The first-order valence-corrected chi connectivity index (χ1v) is 7.44. The average molecular weight is 262 g/mol. The molecular weight excluding hydrogens is 236 g/mol. The van der Waals surface area contributed by atoms with Crippen LogP contribution >= 0.6 is 0 Å². The van der Waals surface area contributed by atoms with Gasteiger partial charge in [0.2, 0.25) is 0 Å². The van der Waals surface area contributed by atoms with Gasteiger partial charge in [-0.1, -0.05) is 13.0 Å². The number of anilines is 1. The molecule has 0 spiro atoms. The molecule has 3 heteroatoms. The fourth-order valence-corrected chi connectivity index (χ4v) is 2.65. The fourth-order valence-electron chi connectivity index (χ4n) is 2.65. The molecule has 0 saturated heterocycles. The lowest BCUT2D eigenvalue weighted by Crippen LogP contribution is -2.42. The number of aliphatic hydroxyl groups is 1. The topological polar surface area (TPSA) is 35.5 Å². The normalized spacial score (nSPS) is 15.3. The molecule has 1 saturated carbocycles. The third-order valence-corrected chi connectivity index (χ3v) is 4.08. The highest BCUT2D eigenvalue weighted by molar-refractivity contribution is 5.52. The molecule has 0 heterocycles. The van der Waals surface area contributed by atoms with Crippen molar-refractivity contribution in [1.82, 2.24) is 5.32 Å². The Morgan fingerprint density at radius 2 is 2.16 bits per heavy atom. The zero-order valence-corrected chi connectivity index (χ0v) is 12.2. The lowest BCUT2D eigenvalue weighted by atomic mass is 9.90. The number of aliphatic hydroxyl groups excluding tert-OH is 1. The van der Waals surface area contributed by atoms with Gasteiger partial charge in [0.1, 0.15) is 0 Å². The molecule has 106 valence electrons. The van der Waals surface area contributed by atoms with Crippen molar-refractivity contribution in [2.75, 3.05) is 24.6 Å². The highest BCUT2D eigenvalue weighted by atomic mass is 16.3. The van der Waals surface area contributed by atoms with E-state index in [4.69, 9.17) is 0 Å². The predicted octanol–water partition coefficient (Wildman–Crippen LogP) is 2.46. The van der Waals surface area contributed by atoms with Crippen molar-refractivity contribution in [2.45, 2.75) is 45.7 Å². The monoisotopic (exact) mass is 262 g/mol. The maximum Gasteiger partial charge on any atom is 0.0606 e. The summed E-state index contributed by atoms with van der Waals surface area (Å²) in [6, 6.07) is 7.32. The predicted molar refractivity (Wildman–Crippen MR) is 80.6 cm³/mol. The van der Waals surface area contributed by atoms with E-state index in [1.165, 1.54) is 36.1 Å². The number of nitrogens with one attached hydrogen (secondary N) is 1. The van der Waals surface area contributed by atoms with Gasteiger partial charge >= 0.3 is 0 Å². The number of aryl methyl sites for hydroxylation is 1. The number of hydrogen-bond acceptors (Lipinski definition) is 3. The summed E-state index contributed by atoms with van der Waals surface area (Å²) in [5.74, 6) is 0. The summed E-state index contributed by atoms with van der Waals surface area (Å²) >= 11 is 0. The van der Waals surface area contributed by atoms with Crippen molar-refractivity contribution >= 4 is 5.69 Å². The Balaban J connectivity index is 2.11. The van der Waals surface area contributed by atoms with E-state index in [1.807, 2.05) is 0 Å². The molecule has 0 amide bonds. The molecule has 3 nitrogen and oxygen atoms in total. The lowest BCUT2D eigenvalue weighted by molar-refractivity contribution is 0.283. The van der Waals surface area contributed by atoms with E-state index in [9.17, 15) is 5.11 Å². The van der Waals surface area contributed by atoms with Crippen LogP contribution in [0.25, 0.3) is 0 Å². The standard InChI is InChI=1S/C16H26N2O/c1-3-17-12-14-7-8-16(11-13(14)2)18(9-10-19)15-5-4-6-15/h7-8,11,15,17,19H,3-6,9-10,12H2,1-2H3. The SMILES string of the molecule is CCNCc1ccc(N(CCO)C2CCC2)cc1C. The zero-order valence-electron chi connectivity index (χ0n) is 12.2. The van der Waals surface area contributed by atoms with Crippen LogP contribution in [0, 0.1) is 6.92 Å². The molecule has 1 aliphatic rings. The molecule has 2 N–H and O–H groups in total. The van der Waals surface area contributed by atoms with Crippen LogP contribution in [0.3, 0.4) is 0 Å². The Bertz CT molecular complexity index is 402. The van der Waals surface area contributed by atoms with Gasteiger partial charge in [0.25, 0.3) is 0 Å². The molecule has 1 aromatic rings. The molecule has 2 rings (SSSR count). The van der Waals surface area contributed by atoms with Gasteiger partial charge in [-0.3, -0.25) is 0 Å². The second kappa shape index (κ2) is 6.92. The molecule has 0 bridgehead atoms. The number of nitrogens with zero attached hydrogens (tertiary/aromatic N) is 1. The van der Waals surface area contributed by atoms with Crippen molar-refractivity contribution in [1.29, 1.82) is 0 Å². The zero-order chi connectivity index (χ0) is 13.7. The maximum absolute atomic E-state index is 9.25. The maximum atomic E-state index is 9.25. The summed E-state index contributed by atoms with van der Waals surface area (Å²) in [4.78, 5) is 2.37. The molecule has 0 aromatic heterocycles. The van der Waals surface area contributed by atoms with Gasteiger partial charge in [0.05, 0.1) is 6.61 Å². The van der Waals surface area contributed by atoms with Crippen molar-refractivity contribution < 1.29 is 5.11 Å². The van der Waals surface area contributed by atoms with E-state index in [-0.39, 0.29) is 6.61 Å². The molecule has 0 unspecified atom stereocenters. The van der Waals surface area contributed by atoms with Crippen molar-refractivity contribution in [3.8, 4) is 0 Å². The van der Waals surface area contributed by atoms with Crippen LogP contribution in [-0.2, 0) is 6.54 Å². The van der Waals surface area contributed by atoms with Crippen molar-refractivity contribution in [3.05, 3.63) is 29.3 Å². The summed E-state index contributed by atoms with van der Waals surface area (Å²) in [5, 5.41) is 12.6. The lowest BCUT2D eigenvalue weighted by Gasteiger charge is -2.39. The first kappa shape index (κ1) is 14.4. The van der Waals surface area contributed by atoms with E-state index in [0.717, 1.165) is 19.6 Å². The smallest absolute Gasteiger partial charge is 0.0606 e. The van der Waals surface area contributed by atoms with E-state index in [2.05, 4.69) is 42.3 Å². The van der Waals surface area contributed by atoms with Crippen LogP contribution in [0.5, 0.6) is 0 Å². The number of benzene rings is 1. The van der Waals surface area contributed by atoms with Gasteiger partial charge in [0, 0.05) is 24.8 Å². The van der Waals surface area contributed by atoms with Crippen LogP contribution in [0.4, 0.5) is 5.69 Å². The molecule has 1 fully saturated rings. The van der Waals surface area contributed by atoms with Gasteiger partial charge in [-0.25, -0.2) is 0 Å². The van der Waals surface area contributed by atoms with E-state index in [1.54, 1.807) is 0 Å². The van der Waals surface area contributed by atoms with E-state index < -0.39 is 0 Å². The van der Waals surface area contributed by atoms with Gasteiger partial charge in [-0.15, -0.1) is 0 Å². The Labute approximate surface area is 116 Å². The Kier molecular flexibility index (Phi) is 5.23. The first-order chi connectivity index (χ1) is 9.26. The molecule has 1 aliphatic carbocycles. The Morgan fingerprint density at radius 1 is 1.37 bits per heavy atom. The molecule has 1 aromatic carbocycles. The van der Waals surface area contributed by atoms with E-state index in [0.29, 0.717) is 6.04 Å². The summed E-state index contributed by atoms with van der Waals surface area (Å²) in [5.41, 5.74) is 3.96.